The second-order valence-electron chi connectivity index (χ2n) is 5.01. The molecule has 1 aliphatic heterocycles. The summed E-state index contributed by atoms with van der Waals surface area (Å²) in [6, 6.07) is 13.8. The maximum absolute atomic E-state index is 11.0. The zero-order valence-corrected chi connectivity index (χ0v) is 11.8. The number of hydrogen-bond acceptors (Lipinski definition) is 3. The number of hydrogen-bond donors (Lipinski definition) is 2. The minimum Gasteiger partial charge on any atom is -0.378 e. The Hall–Kier alpha value is -2.00. The molecule has 0 aliphatic carbocycles. The Morgan fingerprint density at radius 2 is 1.70 bits per heavy atom. The summed E-state index contributed by atoms with van der Waals surface area (Å²) in [5.74, 6) is 0. The molecule has 0 fully saturated rings. The van der Waals surface area contributed by atoms with Gasteiger partial charge in [0.25, 0.3) is 0 Å². The molecule has 3 nitrogen and oxygen atoms in total. The van der Waals surface area contributed by atoms with E-state index in [0.29, 0.717) is 0 Å². The fourth-order valence-corrected chi connectivity index (χ4v) is 2.53. The first-order chi connectivity index (χ1) is 9.67. The van der Waals surface area contributed by atoms with Gasteiger partial charge in [0.2, 0.25) is 0 Å². The summed E-state index contributed by atoms with van der Waals surface area (Å²) in [6.07, 6.45) is 0.938. The number of rotatable bonds is 2. The summed E-state index contributed by atoms with van der Waals surface area (Å²) in [5, 5.41) is 7.33. The Morgan fingerprint density at radius 1 is 1.00 bits per heavy atom. The predicted molar refractivity (Wildman–Crippen MR) is 83.4 cm³/mol. The van der Waals surface area contributed by atoms with Crippen LogP contribution in [0, 0.1) is 0 Å². The van der Waals surface area contributed by atoms with E-state index >= 15 is 0 Å². The van der Waals surface area contributed by atoms with E-state index in [9.17, 15) is 4.79 Å². The number of carbonyl (C=O) groups is 1. The van der Waals surface area contributed by atoms with Gasteiger partial charge in [-0.05, 0) is 42.3 Å². The summed E-state index contributed by atoms with van der Waals surface area (Å²) >= 11 is 5.91. The van der Waals surface area contributed by atoms with E-state index in [-0.39, 0.29) is 12.1 Å². The number of halogens is 1. The summed E-state index contributed by atoms with van der Waals surface area (Å²) in [7, 11) is 0. The van der Waals surface area contributed by atoms with Crippen molar-refractivity contribution in [3.05, 3.63) is 47.5 Å². The zero-order chi connectivity index (χ0) is 14.1. The fraction of sp³-hybridized carbons (Fsp3) is 0.188. The number of nitrogens with one attached hydrogen (secondary N) is 2. The second-order valence-corrected chi connectivity index (χ2v) is 5.44. The molecule has 0 radical (unpaired) electrons. The van der Waals surface area contributed by atoms with Crippen LogP contribution in [0.25, 0.3) is 11.1 Å². The number of carbonyl (C=O) groups excluding carboxylic acids is 1. The molecule has 0 spiro atoms. The van der Waals surface area contributed by atoms with Crippen molar-refractivity contribution in [3.63, 3.8) is 0 Å². The number of benzene rings is 2. The lowest BCUT2D eigenvalue weighted by Crippen LogP contribution is -2.42. The van der Waals surface area contributed by atoms with Crippen LogP contribution in [0.2, 0.25) is 5.02 Å². The van der Waals surface area contributed by atoms with Crippen LogP contribution in [-0.2, 0) is 4.79 Å². The van der Waals surface area contributed by atoms with Gasteiger partial charge >= 0.3 is 0 Å². The highest BCUT2D eigenvalue weighted by Crippen LogP contribution is 2.33. The van der Waals surface area contributed by atoms with E-state index < -0.39 is 0 Å². The first-order valence-electron chi connectivity index (χ1n) is 6.56. The second kappa shape index (κ2) is 5.17. The maximum Gasteiger partial charge on any atom is 0.144 e. The molecule has 2 atom stereocenters. The molecule has 0 bridgehead atoms. The highest BCUT2D eigenvalue weighted by Gasteiger charge is 2.23. The van der Waals surface area contributed by atoms with Crippen LogP contribution >= 0.6 is 11.6 Å². The van der Waals surface area contributed by atoms with Crippen LogP contribution in [0.3, 0.4) is 0 Å². The Balaban J connectivity index is 1.96. The number of fused-ring (bicyclic) bond motifs is 1. The summed E-state index contributed by atoms with van der Waals surface area (Å²) in [5.41, 5.74) is 4.21. The third-order valence-electron chi connectivity index (χ3n) is 3.59. The van der Waals surface area contributed by atoms with Gasteiger partial charge in [-0.15, -0.1) is 0 Å². The summed E-state index contributed by atoms with van der Waals surface area (Å²) in [6.45, 7) is 1.99. The number of anilines is 2. The van der Waals surface area contributed by atoms with Crippen molar-refractivity contribution >= 4 is 29.3 Å². The van der Waals surface area contributed by atoms with Gasteiger partial charge in [-0.3, -0.25) is 0 Å². The standard InChI is InChI=1S/C16H15ClN2O/c1-10-16(9-20)19-14-7-4-12(8-15(14)18-10)11-2-5-13(17)6-3-11/h2-10,16,18-19H,1H3. The largest absolute Gasteiger partial charge is 0.378 e. The molecule has 0 saturated carbocycles. The van der Waals surface area contributed by atoms with Crippen molar-refractivity contribution in [2.75, 3.05) is 10.6 Å². The van der Waals surface area contributed by atoms with Crippen molar-refractivity contribution in [3.8, 4) is 11.1 Å². The van der Waals surface area contributed by atoms with E-state index in [1.165, 1.54) is 0 Å². The molecule has 20 heavy (non-hydrogen) atoms. The molecule has 0 amide bonds. The Morgan fingerprint density at radius 3 is 2.40 bits per heavy atom. The van der Waals surface area contributed by atoms with Crippen LogP contribution < -0.4 is 10.6 Å². The Labute approximate surface area is 123 Å². The van der Waals surface area contributed by atoms with Gasteiger partial charge in [-0.2, -0.15) is 0 Å². The highest BCUT2D eigenvalue weighted by atomic mass is 35.5. The molecule has 2 aromatic rings. The SMILES string of the molecule is CC1Nc2cc(-c3ccc(Cl)cc3)ccc2NC1C=O. The molecule has 1 aliphatic rings. The molecular formula is C16H15ClN2O. The van der Waals surface area contributed by atoms with E-state index in [0.717, 1.165) is 33.8 Å². The van der Waals surface area contributed by atoms with Crippen LogP contribution in [0.5, 0.6) is 0 Å². The van der Waals surface area contributed by atoms with Gasteiger partial charge in [-0.1, -0.05) is 29.8 Å². The smallest absolute Gasteiger partial charge is 0.144 e. The molecular weight excluding hydrogens is 272 g/mol. The molecule has 2 N–H and O–H groups in total. The average Bonchev–Trinajstić information content (AvgIpc) is 2.46. The average molecular weight is 287 g/mol. The van der Waals surface area contributed by atoms with E-state index in [4.69, 9.17) is 11.6 Å². The molecule has 1 heterocycles. The molecule has 102 valence electrons. The molecule has 2 unspecified atom stereocenters. The third-order valence-corrected chi connectivity index (χ3v) is 3.84. The molecule has 0 saturated heterocycles. The Kier molecular flexibility index (Phi) is 3.36. The van der Waals surface area contributed by atoms with Crippen molar-refractivity contribution in [1.82, 2.24) is 0 Å². The van der Waals surface area contributed by atoms with Gasteiger partial charge in [0.15, 0.2) is 0 Å². The summed E-state index contributed by atoms with van der Waals surface area (Å²) < 4.78 is 0. The maximum atomic E-state index is 11.0. The van der Waals surface area contributed by atoms with Gasteiger partial charge in [0.1, 0.15) is 12.3 Å². The van der Waals surface area contributed by atoms with E-state index in [1.54, 1.807) is 0 Å². The zero-order valence-electron chi connectivity index (χ0n) is 11.1. The van der Waals surface area contributed by atoms with E-state index in [1.807, 2.05) is 43.3 Å². The van der Waals surface area contributed by atoms with Crippen molar-refractivity contribution in [1.29, 1.82) is 0 Å². The molecule has 0 aromatic heterocycles. The first-order valence-corrected chi connectivity index (χ1v) is 6.93. The van der Waals surface area contributed by atoms with Crippen LogP contribution in [-0.4, -0.2) is 18.4 Å². The lowest BCUT2D eigenvalue weighted by molar-refractivity contribution is -0.108. The fourth-order valence-electron chi connectivity index (χ4n) is 2.40. The minimum atomic E-state index is -0.191. The normalized spacial score (nSPS) is 20.5. The lowest BCUT2D eigenvalue weighted by Gasteiger charge is -2.31. The monoisotopic (exact) mass is 286 g/mol. The van der Waals surface area contributed by atoms with Gasteiger partial charge in [0.05, 0.1) is 17.4 Å². The predicted octanol–water partition coefficient (Wildman–Crippen LogP) is 3.80. The third kappa shape index (κ3) is 2.37. The Bertz CT molecular complexity index is 639. The number of aldehydes is 1. The van der Waals surface area contributed by atoms with Gasteiger partial charge in [0, 0.05) is 5.02 Å². The van der Waals surface area contributed by atoms with Crippen LogP contribution in [0.1, 0.15) is 6.92 Å². The van der Waals surface area contributed by atoms with Crippen molar-refractivity contribution in [2.45, 2.75) is 19.0 Å². The molecule has 3 rings (SSSR count). The van der Waals surface area contributed by atoms with Crippen LogP contribution in [0.4, 0.5) is 11.4 Å². The van der Waals surface area contributed by atoms with Gasteiger partial charge in [-0.25, -0.2) is 0 Å². The van der Waals surface area contributed by atoms with Crippen molar-refractivity contribution < 1.29 is 4.79 Å². The lowest BCUT2D eigenvalue weighted by atomic mass is 10.0. The molecule has 4 heteroatoms. The van der Waals surface area contributed by atoms with Crippen molar-refractivity contribution in [2.24, 2.45) is 0 Å². The summed E-state index contributed by atoms with van der Waals surface area (Å²) in [4.78, 5) is 11.0. The van der Waals surface area contributed by atoms with E-state index in [2.05, 4.69) is 16.7 Å². The molecule has 2 aromatic carbocycles. The van der Waals surface area contributed by atoms with Gasteiger partial charge < -0.3 is 15.4 Å². The highest BCUT2D eigenvalue weighted by molar-refractivity contribution is 6.30. The minimum absolute atomic E-state index is 0.0699. The first kappa shape index (κ1) is 13.0. The quantitative estimate of drug-likeness (QED) is 0.825. The topological polar surface area (TPSA) is 41.1 Å². The van der Waals surface area contributed by atoms with Crippen LogP contribution in [0.15, 0.2) is 42.5 Å².